The fourth-order valence-electron chi connectivity index (χ4n) is 1.49. The van der Waals surface area contributed by atoms with Gasteiger partial charge in [-0.1, -0.05) is 12.1 Å². The van der Waals surface area contributed by atoms with Crippen LogP contribution in [0.5, 0.6) is 0 Å². The molecule has 1 aromatic carbocycles. The molecule has 0 atom stereocenters. The molecule has 92 valence electrons. The van der Waals surface area contributed by atoms with Gasteiger partial charge in [-0.25, -0.2) is 0 Å². The molecule has 0 fully saturated rings. The van der Waals surface area contributed by atoms with Crippen molar-refractivity contribution in [2.24, 2.45) is 0 Å². The first-order valence-electron chi connectivity index (χ1n) is 5.24. The van der Waals surface area contributed by atoms with Gasteiger partial charge in [-0.3, -0.25) is 0 Å². The molecule has 1 aromatic heterocycles. The first kappa shape index (κ1) is 14.2. The van der Waals surface area contributed by atoms with E-state index >= 15 is 0 Å². The lowest BCUT2D eigenvalue weighted by Gasteiger charge is -2.03. The Morgan fingerprint density at radius 3 is 2.47 bits per heavy atom. The Morgan fingerprint density at radius 1 is 1.12 bits per heavy atom. The molecule has 17 heavy (non-hydrogen) atoms. The summed E-state index contributed by atoms with van der Waals surface area (Å²) >= 11 is 1.76. The molecule has 2 nitrogen and oxygen atoms in total. The SMILES string of the molecule is CSc1ccc(CNCc2ccco2)cc1.[Cl-]. The molecule has 0 unspecified atom stereocenters. The van der Waals surface area contributed by atoms with Crippen LogP contribution in [-0.4, -0.2) is 6.26 Å². The van der Waals surface area contributed by atoms with Gasteiger partial charge in [-0.15, -0.1) is 11.8 Å². The Kier molecular flexibility index (Phi) is 6.19. The lowest BCUT2D eigenvalue weighted by atomic mass is 10.2. The number of halogens is 1. The molecule has 0 spiro atoms. The number of benzene rings is 1. The number of thioether (sulfide) groups is 1. The highest BCUT2D eigenvalue weighted by molar-refractivity contribution is 7.98. The predicted molar refractivity (Wildman–Crippen MR) is 67.5 cm³/mol. The Labute approximate surface area is 112 Å². The van der Waals surface area contributed by atoms with E-state index in [1.807, 2.05) is 12.1 Å². The summed E-state index contributed by atoms with van der Waals surface area (Å²) in [5.74, 6) is 0.973. The van der Waals surface area contributed by atoms with E-state index in [4.69, 9.17) is 4.42 Å². The van der Waals surface area contributed by atoms with Crippen LogP contribution in [0.2, 0.25) is 0 Å². The average molecular weight is 269 g/mol. The summed E-state index contributed by atoms with van der Waals surface area (Å²) in [6.07, 6.45) is 3.79. The van der Waals surface area contributed by atoms with Gasteiger partial charge in [-0.05, 0) is 36.1 Å². The van der Waals surface area contributed by atoms with Crippen LogP contribution >= 0.6 is 11.8 Å². The maximum atomic E-state index is 5.24. The van der Waals surface area contributed by atoms with Gasteiger partial charge >= 0.3 is 0 Å². The van der Waals surface area contributed by atoms with Gasteiger partial charge in [0, 0.05) is 11.4 Å². The third-order valence-corrected chi connectivity index (χ3v) is 3.11. The second-order valence-corrected chi connectivity index (χ2v) is 4.41. The van der Waals surface area contributed by atoms with Crippen molar-refractivity contribution in [2.75, 3.05) is 6.26 Å². The maximum Gasteiger partial charge on any atom is 0.117 e. The normalized spacial score (nSPS) is 9.94. The van der Waals surface area contributed by atoms with Gasteiger partial charge in [0.15, 0.2) is 0 Å². The molecule has 0 saturated carbocycles. The number of hydrogen-bond acceptors (Lipinski definition) is 3. The summed E-state index contributed by atoms with van der Waals surface area (Å²) in [6, 6.07) is 12.5. The van der Waals surface area contributed by atoms with Crippen molar-refractivity contribution in [3.05, 3.63) is 54.0 Å². The quantitative estimate of drug-likeness (QED) is 0.790. The van der Waals surface area contributed by atoms with E-state index < -0.39 is 0 Å². The zero-order chi connectivity index (χ0) is 11.2. The molecule has 2 rings (SSSR count). The maximum absolute atomic E-state index is 5.24. The lowest BCUT2D eigenvalue weighted by Crippen LogP contribution is -3.00. The van der Waals surface area contributed by atoms with E-state index in [2.05, 4.69) is 35.8 Å². The number of furan rings is 1. The van der Waals surface area contributed by atoms with E-state index in [1.54, 1.807) is 18.0 Å². The topological polar surface area (TPSA) is 25.2 Å². The van der Waals surface area contributed by atoms with E-state index in [-0.39, 0.29) is 12.4 Å². The molecular formula is C13H15ClNOS-. The van der Waals surface area contributed by atoms with Crippen LogP contribution in [0, 0.1) is 0 Å². The predicted octanol–water partition coefficient (Wildman–Crippen LogP) is 0.295. The standard InChI is InChI=1S/C13H15NOS.ClH/c1-16-13-6-4-11(5-7-13)9-14-10-12-3-2-8-15-12;/h2-8,14H,9-10H2,1H3;1H/p-1. The first-order valence-corrected chi connectivity index (χ1v) is 6.47. The van der Waals surface area contributed by atoms with Gasteiger partial charge in [0.2, 0.25) is 0 Å². The van der Waals surface area contributed by atoms with Gasteiger partial charge in [0.05, 0.1) is 12.8 Å². The fourth-order valence-corrected chi connectivity index (χ4v) is 1.89. The van der Waals surface area contributed by atoms with Crippen LogP contribution in [-0.2, 0) is 13.1 Å². The largest absolute Gasteiger partial charge is 1.00 e. The molecule has 1 N–H and O–H groups in total. The summed E-state index contributed by atoms with van der Waals surface area (Å²) in [5.41, 5.74) is 1.30. The van der Waals surface area contributed by atoms with Crippen LogP contribution in [0.15, 0.2) is 52.0 Å². The molecule has 2 aromatic rings. The third-order valence-electron chi connectivity index (χ3n) is 2.37. The Hall–Kier alpha value is -0.900. The zero-order valence-electron chi connectivity index (χ0n) is 9.65. The Morgan fingerprint density at radius 2 is 1.88 bits per heavy atom. The van der Waals surface area contributed by atoms with E-state index in [1.165, 1.54) is 10.5 Å². The average Bonchev–Trinajstić information content (AvgIpc) is 2.83. The zero-order valence-corrected chi connectivity index (χ0v) is 11.2. The summed E-state index contributed by atoms with van der Waals surface area (Å²) in [6.45, 7) is 1.65. The molecule has 0 aliphatic heterocycles. The number of nitrogens with one attached hydrogen (secondary N) is 1. The molecule has 0 bridgehead atoms. The van der Waals surface area contributed by atoms with Gasteiger partial charge < -0.3 is 22.1 Å². The van der Waals surface area contributed by atoms with Crippen LogP contribution in [0.1, 0.15) is 11.3 Å². The molecule has 0 radical (unpaired) electrons. The number of rotatable bonds is 5. The molecule has 4 heteroatoms. The van der Waals surface area contributed by atoms with Gasteiger partial charge in [0.1, 0.15) is 5.76 Å². The van der Waals surface area contributed by atoms with Crippen LogP contribution in [0.25, 0.3) is 0 Å². The molecule has 0 amide bonds. The smallest absolute Gasteiger partial charge is 0.117 e. The van der Waals surface area contributed by atoms with E-state index in [0.29, 0.717) is 0 Å². The highest BCUT2D eigenvalue weighted by Gasteiger charge is 1.96. The van der Waals surface area contributed by atoms with Gasteiger partial charge in [0.25, 0.3) is 0 Å². The lowest BCUT2D eigenvalue weighted by molar-refractivity contribution is -0.00000379. The van der Waals surface area contributed by atoms with Crippen molar-refractivity contribution in [1.29, 1.82) is 0 Å². The van der Waals surface area contributed by atoms with Crippen LogP contribution in [0.4, 0.5) is 0 Å². The fraction of sp³-hybridized carbons (Fsp3) is 0.231. The summed E-state index contributed by atoms with van der Waals surface area (Å²) in [7, 11) is 0. The first-order chi connectivity index (χ1) is 7.88. The second-order valence-electron chi connectivity index (χ2n) is 3.53. The van der Waals surface area contributed by atoms with E-state index in [0.717, 1.165) is 18.8 Å². The minimum atomic E-state index is 0. The van der Waals surface area contributed by atoms with Crippen molar-refractivity contribution in [2.45, 2.75) is 18.0 Å². The summed E-state index contributed by atoms with van der Waals surface area (Å²) in [5, 5.41) is 3.34. The van der Waals surface area contributed by atoms with Crippen molar-refractivity contribution in [1.82, 2.24) is 5.32 Å². The highest BCUT2D eigenvalue weighted by atomic mass is 35.5. The van der Waals surface area contributed by atoms with Gasteiger partial charge in [-0.2, -0.15) is 0 Å². The highest BCUT2D eigenvalue weighted by Crippen LogP contribution is 2.14. The van der Waals surface area contributed by atoms with Crippen LogP contribution < -0.4 is 17.7 Å². The molecule has 1 heterocycles. The molecular weight excluding hydrogens is 254 g/mol. The van der Waals surface area contributed by atoms with Crippen molar-refractivity contribution in [3.8, 4) is 0 Å². The Bertz CT molecular complexity index is 413. The minimum Gasteiger partial charge on any atom is -1.00 e. The summed E-state index contributed by atoms with van der Waals surface area (Å²) in [4.78, 5) is 1.30. The minimum absolute atomic E-state index is 0. The van der Waals surface area contributed by atoms with Crippen molar-refractivity contribution >= 4 is 11.8 Å². The van der Waals surface area contributed by atoms with Crippen LogP contribution in [0.3, 0.4) is 0 Å². The molecule has 0 aliphatic rings. The number of hydrogen-bond donors (Lipinski definition) is 1. The third kappa shape index (κ3) is 4.46. The summed E-state index contributed by atoms with van der Waals surface area (Å²) < 4.78 is 5.24. The van der Waals surface area contributed by atoms with E-state index in [9.17, 15) is 0 Å². The monoisotopic (exact) mass is 268 g/mol. The molecule has 0 saturated heterocycles. The second kappa shape index (κ2) is 7.43. The van der Waals surface area contributed by atoms with Crippen molar-refractivity contribution < 1.29 is 16.8 Å². The Balaban J connectivity index is 0.00000144. The van der Waals surface area contributed by atoms with Crippen molar-refractivity contribution in [3.63, 3.8) is 0 Å². The molecule has 0 aliphatic carbocycles.